The van der Waals surface area contributed by atoms with Crippen molar-refractivity contribution in [3.8, 4) is 0 Å². The Morgan fingerprint density at radius 2 is 1.67 bits per heavy atom. The lowest BCUT2D eigenvalue weighted by Crippen LogP contribution is -2.40. The molecule has 182 valence electrons. The summed E-state index contributed by atoms with van der Waals surface area (Å²) in [6.07, 6.45) is 6.85. The van der Waals surface area contributed by atoms with Crippen LogP contribution >= 0.6 is 0 Å². The minimum atomic E-state index is -3.60. The van der Waals surface area contributed by atoms with Gasteiger partial charge in [-0.25, -0.2) is 8.42 Å². The molecule has 1 heterocycles. The fourth-order valence-electron chi connectivity index (χ4n) is 5.80. The fraction of sp³-hybridized carbons (Fsp3) is 0.680. The van der Waals surface area contributed by atoms with Gasteiger partial charge in [0.25, 0.3) is 0 Å². The van der Waals surface area contributed by atoms with E-state index in [9.17, 15) is 18.0 Å². The molecule has 7 nitrogen and oxygen atoms in total. The number of piperidine rings is 1. The van der Waals surface area contributed by atoms with Gasteiger partial charge in [0.15, 0.2) is 0 Å². The van der Waals surface area contributed by atoms with Crippen molar-refractivity contribution < 1.29 is 18.0 Å². The molecule has 1 aromatic carbocycles. The Morgan fingerprint density at radius 1 is 1.03 bits per heavy atom. The van der Waals surface area contributed by atoms with Crippen LogP contribution in [0.25, 0.3) is 0 Å². The fourth-order valence-corrected chi connectivity index (χ4v) is 7.34. The Labute approximate surface area is 198 Å². The zero-order chi connectivity index (χ0) is 23.6. The number of anilines is 2. The minimum Gasteiger partial charge on any atom is -0.370 e. The van der Waals surface area contributed by atoms with Gasteiger partial charge in [-0.15, -0.1) is 0 Å². The molecule has 1 N–H and O–H groups in total. The van der Waals surface area contributed by atoms with Crippen molar-refractivity contribution in [3.05, 3.63) is 18.2 Å². The van der Waals surface area contributed by atoms with Crippen molar-refractivity contribution in [2.24, 2.45) is 17.8 Å². The first-order valence-electron chi connectivity index (χ1n) is 12.6. The average Bonchev–Trinajstić information content (AvgIpc) is 2.81. The van der Waals surface area contributed by atoms with E-state index in [1.54, 1.807) is 16.4 Å². The van der Waals surface area contributed by atoms with Crippen LogP contribution in [-0.2, 0) is 19.6 Å². The molecule has 2 aliphatic carbocycles. The number of Topliss-reactive ketones (excluding diaryl/α,β-unsaturated/α-hetero) is 1. The number of carbonyl (C=O) groups excluding carboxylic acids is 2. The summed E-state index contributed by atoms with van der Waals surface area (Å²) in [6, 6.07) is 5.11. The molecule has 2 unspecified atom stereocenters. The summed E-state index contributed by atoms with van der Waals surface area (Å²) in [6.45, 7) is 6.67. The van der Waals surface area contributed by atoms with Gasteiger partial charge in [-0.3, -0.25) is 9.59 Å². The van der Waals surface area contributed by atoms with Gasteiger partial charge in [-0.1, -0.05) is 12.8 Å². The van der Waals surface area contributed by atoms with Gasteiger partial charge in [0.05, 0.1) is 16.3 Å². The number of rotatable bonds is 7. The number of ketones is 1. The van der Waals surface area contributed by atoms with Gasteiger partial charge < -0.3 is 10.2 Å². The molecule has 0 spiro atoms. The molecule has 33 heavy (non-hydrogen) atoms. The largest absolute Gasteiger partial charge is 0.370 e. The van der Waals surface area contributed by atoms with Crippen LogP contribution in [0.1, 0.15) is 65.2 Å². The predicted molar refractivity (Wildman–Crippen MR) is 130 cm³/mol. The number of carbonyl (C=O) groups is 2. The van der Waals surface area contributed by atoms with E-state index in [0.29, 0.717) is 37.4 Å². The lowest BCUT2D eigenvalue weighted by molar-refractivity contribution is -0.136. The predicted octanol–water partition coefficient (Wildman–Crippen LogP) is 4.04. The van der Waals surface area contributed by atoms with Crippen LogP contribution in [0.3, 0.4) is 0 Å². The molecule has 3 aliphatic rings. The number of benzene rings is 1. The molecular formula is C25H37N3O4S. The second-order valence-electron chi connectivity index (χ2n) is 9.70. The molecular weight excluding hydrogens is 438 g/mol. The van der Waals surface area contributed by atoms with E-state index in [2.05, 4.69) is 10.2 Å². The molecule has 4 rings (SSSR count). The summed E-state index contributed by atoms with van der Waals surface area (Å²) in [7, 11) is -3.60. The van der Waals surface area contributed by atoms with Crippen LogP contribution in [0.15, 0.2) is 23.1 Å². The third kappa shape index (κ3) is 4.97. The van der Waals surface area contributed by atoms with E-state index in [0.717, 1.165) is 57.3 Å². The Kier molecular flexibility index (Phi) is 7.43. The summed E-state index contributed by atoms with van der Waals surface area (Å²) in [4.78, 5) is 28.1. The molecule has 1 amide bonds. The van der Waals surface area contributed by atoms with Gasteiger partial charge >= 0.3 is 0 Å². The van der Waals surface area contributed by atoms with E-state index in [1.165, 1.54) is 0 Å². The monoisotopic (exact) mass is 475 g/mol. The molecule has 2 saturated carbocycles. The second kappa shape index (κ2) is 10.1. The number of nitrogens with zero attached hydrogens (tertiary/aromatic N) is 2. The molecule has 3 fully saturated rings. The van der Waals surface area contributed by atoms with E-state index in [4.69, 9.17) is 0 Å². The summed E-state index contributed by atoms with van der Waals surface area (Å²) in [5, 5.41) is 3.07. The van der Waals surface area contributed by atoms with Crippen molar-refractivity contribution in [2.75, 3.05) is 36.4 Å². The average molecular weight is 476 g/mol. The molecule has 0 aromatic heterocycles. The van der Waals surface area contributed by atoms with Crippen LogP contribution in [0.5, 0.6) is 0 Å². The Morgan fingerprint density at radius 3 is 2.27 bits per heavy atom. The first-order chi connectivity index (χ1) is 15.8. The zero-order valence-corrected chi connectivity index (χ0v) is 20.7. The number of fused-ring (bicyclic) bond motifs is 2. The van der Waals surface area contributed by atoms with Crippen LogP contribution in [0.2, 0.25) is 0 Å². The number of hydrogen-bond acceptors (Lipinski definition) is 5. The highest BCUT2D eigenvalue weighted by Crippen LogP contribution is 2.41. The van der Waals surface area contributed by atoms with Crippen LogP contribution in [0.4, 0.5) is 11.4 Å². The van der Waals surface area contributed by atoms with Crippen molar-refractivity contribution in [1.29, 1.82) is 0 Å². The summed E-state index contributed by atoms with van der Waals surface area (Å²) in [5.41, 5.74) is 1.38. The summed E-state index contributed by atoms with van der Waals surface area (Å²) in [5.74, 6) is 0.0385. The van der Waals surface area contributed by atoms with Gasteiger partial charge in [0.2, 0.25) is 15.9 Å². The highest BCUT2D eigenvalue weighted by molar-refractivity contribution is 7.89. The normalized spacial score (nSPS) is 26.1. The topological polar surface area (TPSA) is 86.8 Å². The van der Waals surface area contributed by atoms with Crippen molar-refractivity contribution in [1.82, 2.24) is 4.31 Å². The molecule has 1 saturated heterocycles. The molecule has 0 radical (unpaired) electrons. The number of amides is 1. The van der Waals surface area contributed by atoms with Gasteiger partial charge in [0, 0.05) is 43.9 Å². The molecule has 1 aromatic rings. The van der Waals surface area contributed by atoms with E-state index >= 15 is 0 Å². The van der Waals surface area contributed by atoms with E-state index in [-0.39, 0.29) is 28.6 Å². The lowest BCUT2D eigenvalue weighted by Gasteiger charge is -2.37. The van der Waals surface area contributed by atoms with Crippen molar-refractivity contribution in [3.63, 3.8) is 0 Å². The summed E-state index contributed by atoms with van der Waals surface area (Å²) < 4.78 is 28.1. The van der Waals surface area contributed by atoms with Crippen molar-refractivity contribution >= 4 is 33.1 Å². The second-order valence-corrected chi connectivity index (χ2v) is 11.6. The molecule has 1 aliphatic heterocycles. The van der Waals surface area contributed by atoms with Crippen molar-refractivity contribution in [2.45, 2.75) is 70.1 Å². The molecule has 2 atom stereocenters. The van der Waals surface area contributed by atoms with Gasteiger partial charge in [-0.05, 0) is 70.6 Å². The van der Waals surface area contributed by atoms with Crippen LogP contribution < -0.4 is 10.2 Å². The van der Waals surface area contributed by atoms with E-state index in [1.807, 2.05) is 19.9 Å². The number of hydrogen-bond donors (Lipinski definition) is 1. The highest BCUT2D eigenvalue weighted by atomic mass is 32.2. The standard InChI is InChI=1S/C25H37N3O4S/c1-3-27(4-2)23-12-11-21(33(31,32)28-13-6-5-7-14-28)17-22(23)26-25(30)20-15-18-9-8-10-19(16-20)24(18)29/h11-12,17-20H,3-10,13-16H2,1-2H3,(H,26,30). The third-order valence-corrected chi connectivity index (χ3v) is 9.60. The maximum Gasteiger partial charge on any atom is 0.243 e. The Hall–Kier alpha value is -1.93. The summed E-state index contributed by atoms with van der Waals surface area (Å²) >= 11 is 0. The smallest absolute Gasteiger partial charge is 0.243 e. The quantitative estimate of drug-likeness (QED) is 0.643. The van der Waals surface area contributed by atoms with Gasteiger partial charge in [0.1, 0.15) is 5.78 Å². The maximum absolute atomic E-state index is 13.3. The first-order valence-corrected chi connectivity index (χ1v) is 14.0. The number of nitrogens with one attached hydrogen (secondary N) is 1. The Bertz CT molecular complexity index is 967. The number of sulfonamides is 1. The lowest BCUT2D eigenvalue weighted by atomic mass is 9.67. The minimum absolute atomic E-state index is 0.00122. The molecule has 2 bridgehead atoms. The van der Waals surface area contributed by atoms with Crippen LogP contribution in [0, 0.1) is 17.8 Å². The maximum atomic E-state index is 13.3. The Balaban J connectivity index is 1.61. The van der Waals surface area contributed by atoms with Gasteiger partial charge in [-0.2, -0.15) is 4.31 Å². The molecule has 8 heteroatoms. The SMILES string of the molecule is CCN(CC)c1ccc(S(=O)(=O)N2CCCCC2)cc1NC(=O)C1CC2CCCC(C1)C2=O. The third-order valence-electron chi connectivity index (χ3n) is 7.70. The van der Waals surface area contributed by atoms with E-state index < -0.39 is 10.0 Å². The zero-order valence-electron chi connectivity index (χ0n) is 19.9. The van der Waals surface area contributed by atoms with Crippen LogP contribution in [-0.4, -0.2) is 50.6 Å². The first kappa shape index (κ1) is 24.2. The highest BCUT2D eigenvalue weighted by Gasteiger charge is 2.41.